The summed E-state index contributed by atoms with van der Waals surface area (Å²) in [6.45, 7) is 2.45. The average molecular weight is 295 g/mol. The van der Waals surface area contributed by atoms with Crippen molar-refractivity contribution in [1.29, 1.82) is 0 Å². The van der Waals surface area contributed by atoms with E-state index in [1.165, 1.54) is 0 Å². The minimum Gasteiger partial charge on any atom is -0.497 e. The largest absolute Gasteiger partial charge is 0.497 e. The normalized spacial score (nSPS) is 10.6. The molecule has 3 rings (SSSR count). The van der Waals surface area contributed by atoms with Crippen LogP contribution < -0.4 is 10.1 Å². The highest BCUT2D eigenvalue weighted by Crippen LogP contribution is 2.11. The van der Waals surface area contributed by atoms with E-state index in [9.17, 15) is 4.79 Å². The molecule has 0 saturated carbocycles. The lowest BCUT2D eigenvalue weighted by molar-refractivity contribution is 0.0946. The molecule has 1 N–H and O–H groups in total. The van der Waals surface area contributed by atoms with E-state index in [-0.39, 0.29) is 5.91 Å². The molecule has 3 aromatic rings. The van der Waals surface area contributed by atoms with Gasteiger partial charge in [0.25, 0.3) is 5.91 Å². The van der Waals surface area contributed by atoms with E-state index in [4.69, 9.17) is 4.74 Å². The highest BCUT2D eigenvalue weighted by atomic mass is 16.5. The molecule has 0 unspecified atom stereocenters. The maximum atomic E-state index is 12.2. The fourth-order valence-electron chi connectivity index (χ4n) is 2.21. The molecule has 0 fully saturated rings. The maximum absolute atomic E-state index is 12.2. The van der Waals surface area contributed by atoms with Crippen molar-refractivity contribution >= 4 is 11.6 Å². The van der Waals surface area contributed by atoms with Gasteiger partial charge in [-0.2, -0.15) is 0 Å². The van der Waals surface area contributed by atoms with Crippen molar-refractivity contribution in [3.8, 4) is 5.75 Å². The first kappa shape index (κ1) is 14.1. The van der Waals surface area contributed by atoms with Gasteiger partial charge in [0.05, 0.1) is 7.11 Å². The van der Waals surface area contributed by atoms with Crippen LogP contribution in [-0.4, -0.2) is 22.4 Å². The van der Waals surface area contributed by atoms with Crippen molar-refractivity contribution < 1.29 is 9.53 Å². The van der Waals surface area contributed by atoms with E-state index >= 15 is 0 Å². The number of pyridine rings is 1. The number of carbonyl (C=O) groups excluding carboxylic acids is 1. The molecule has 2 heterocycles. The third-order valence-electron chi connectivity index (χ3n) is 3.46. The van der Waals surface area contributed by atoms with E-state index in [0.29, 0.717) is 12.2 Å². The first-order valence-corrected chi connectivity index (χ1v) is 7.02. The van der Waals surface area contributed by atoms with Gasteiger partial charge in [-0.15, -0.1) is 0 Å². The maximum Gasteiger partial charge on any atom is 0.271 e. The average Bonchev–Trinajstić information content (AvgIpc) is 2.96. The van der Waals surface area contributed by atoms with E-state index in [2.05, 4.69) is 10.3 Å². The van der Waals surface area contributed by atoms with Gasteiger partial charge < -0.3 is 14.5 Å². The molecule has 1 aromatic carbocycles. The van der Waals surface area contributed by atoms with E-state index < -0.39 is 0 Å². The molecular formula is C17H17N3O2. The second-order valence-electron chi connectivity index (χ2n) is 5.13. The highest BCUT2D eigenvalue weighted by Gasteiger charge is 2.10. The van der Waals surface area contributed by atoms with Crippen molar-refractivity contribution in [2.24, 2.45) is 0 Å². The quantitative estimate of drug-likeness (QED) is 0.805. The molecule has 0 aliphatic carbocycles. The number of aromatic nitrogens is 2. The number of amides is 1. The molecule has 0 saturated heterocycles. The highest BCUT2D eigenvalue weighted by molar-refractivity contribution is 5.92. The van der Waals surface area contributed by atoms with Crippen LogP contribution in [0.2, 0.25) is 0 Å². The number of carbonyl (C=O) groups is 1. The van der Waals surface area contributed by atoms with Crippen LogP contribution in [0.4, 0.5) is 0 Å². The Morgan fingerprint density at radius 1 is 1.27 bits per heavy atom. The summed E-state index contributed by atoms with van der Waals surface area (Å²) in [6.07, 6.45) is 3.63. The van der Waals surface area contributed by atoms with Crippen LogP contribution in [0.15, 0.2) is 48.8 Å². The Labute approximate surface area is 128 Å². The molecule has 1 amide bonds. The minimum atomic E-state index is -0.183. The zero-order valence-corrected chi connectivity index (χ0v) is 12.5. The third-order valence-corrected chi connectivity index (χ3v) is 3.46. The number of hydrogen-bond acceptors (Lipinski definition) is 3. The molecule has 2 aromatic heterocycles. The predicted octanol–water partition coefficient (Wildman–Crippen LogP) is 2.58. The summed E-state index contributed by atoms with van der Waals surface area (Å²) < 4.78 is 6.95. The molecule has 0 aliphatic heterocycles. The zero-order valence-electron chi connectivity index (χ0n) is 12.5. The molecule has 5 nitrogen and oxygen atoms in total. The van der Waals surface area contributed by atoms with Gasteiger partial charge in [-0.1, -0.05) is 12.1 Å². The van der Waals surface area contributed by atoms with Crippen molar-refractivity contribution in [3.63, 3.8) is 0 Å². The summed E-state index contributed by atoms with van der Waals surface area (Å²) in [7, 11) is 1.63. The molecule has 22 heavy (non-hydrogen) atoms. The first-order valence-electron chi connectivity index (χ1n) is 7.02. The monoisotopic (exact) mass is 295 g/mol. The molecule has 0 bridgehead atoms. The fraction of sp³-hybridized carbons (Fsp3) is 0.176. The van der Waals surface area contributed by atoms with E-state index in [1.807, 2.05) is 53.9 Å². The van der Waals surface area contributed by atoms with E-state index in [0.717, 1.165) is 22.5 Å². The minimum absolute atomic E-state index is 0.183. The van der Waals surface area contributed by atoms with Gasteiger partial charge in [-0.3, -0.25) is 4.79 Å². The Bertz CT molecular complexity index is 806. The molecule has 0 aliphatic rings. The SMILES string of the molecule is COc1ccc(CNC(=O)c2cn3ccc(C)cc3n2)cc1. The van der Waals surface area contributed by atoms with Gasteiger partial charge in [0, 0.05) is 18.9 Å². The summed E-state index contributed by atoms with van der Waals surface area (Å²) in [5.41, 5.74) is 3.31. The van der Waals surface area contributed by atoms with Crippen molar-refractivity contribution in [2.45, 2.75) is 13.5 Å². The molecule has 0 radical (unpaired) electrons. The van der Waals surface area contributed by atoms with Gasteiger partial charge in [0.2, 0.25) is 0 Å². The van der Waals surface area contributed by atoms with Crippen LogP contribution in [0.5, 0.6) is 5.75 Å². The van der Waals surface area contributed by atoms with Crippen molar-refractivity contribution in [2.75, 3.05) is 7.11 Å². The van der Waals surface area contributed by atoms with Crippen LogP contribution in [0.3, 0.4) is 0 Å². The van der Waals surface area contributed by atoms with Crippen molar-refractivity contribution in [3.05, 3.63) is 65.6 Å². The lowest BCUT2D eigenvalue weighted by Crippen LogP contribution is -2.23. The predicted molar refractivity (Wildman–Crippen MR) is 84.1 cm³/mol. The smallest absolute Gasteiger partial charge is 0.271 e. The van der Waals surface area contributed by atoms with Gasteiger partial charge in [0.15, 0.2) is 0 Å². The molecule has 0 spiro atoms. The molecule has 112 valence electrons. The number of fused-ring (bicyclic) bond motifs is 1. The number of ether oxygens (including phenoxy) is 1. The number of nitrogens with one attached hydrogen (secondary N) is 1. The van der Waals surface area contributed by atoms with E-state index in [1.54, 1.807) is 13.3 Å². The number of benzene rings is 1. The summed E-state index contributed by atoms with van der Waals surface area (Å²) in [5, 5.41) is 2.87. The summed E-state index contributed by atoms with van der Waals surface area (Å²) in [6, 6.07) is 11.5. The molecule has 0 atom stereocenters. The molecular weight excluding hydrogens is 278 g/mol. The Hall–Kier alpha value is -2.82. The Kier molecular flexibility index (Phi) is 3.78. The number of hydrogen-bond donors (Lipinski definition) is 1. The van der Waals surface area contributed by atoms with Crippen LogP contribution in [0.1, 0.15) is 21.6 Å². The Balaban J connectivity index is 1.69. The van der Waals surface area contributed by atoms with Crippen molar-refractivity contribution in [1.82, 2.24) is 14.7 Å². The number of nitrogens with zero attached hydrogens (tertiary/aromatic N) is 2. The number of aryl methyl sites for hydroxylation is 1. The summed E-state index contributed by atoms with van der Waals surface area (Å²) >= 11 is 0. The Morgan fingerprint density at radius 2 is 2.05 bits per heavy atom. The van der Waals surface area contributed by atoms with Gasteiger partial charge in [0.1, 0.15) is 17.1 Å². The number of imidazole rings is 1. The second kappa shape index (κ2) is 5.89. The van der Waals surface area contributed by atoms with Gasteiger partial charge in [-0.25, -0.2) is 4.98 Å². The van der Waals surface area contributed by atoms with Crippen LogP contribution in [0.25, 0.3) is 5.65 Å². The van der Waals surface area contributed by atoms with Crippen LogP contribution in [0, 0.1) is 6.92 Å². The lowest BCUT2D eigenvalue weighted by atomic mass is 10.2. The zero-order chi connectivity index (χ0) is 15.5. The standard InChI is InChI=1S/C17H17N3O2/c1-12-7-8-20-11-15(19-16(20)9-12)17(21)18-10-13-3-5-14(22-2)6-4-13/h3-9,11H,10H2,1-2H3,(H,18,21). The van der Waals surface area contributed by atoms with Gasteiger partial charge >= 0.3 is 0 Å². The topological polar surface area (TPSA) is 55.6 Å². The second-order valence-corrected chi connectivity index (χ2v) is 5.13. The third kappa shape index (κ3) is 2.93. The Morgan fingerprint density at radius 3 is 2.77 bits per heavy atom. The lowest BCUT2D eigenvalue weighted by Gasteiger charge is -2.04. The summed E-state index contributed by atoms with van der Waals surface area (Å²) in [5.74, 6) is 0.614. The number of rotatable bonds is 4. The number of methoxy groups -OCH3 is 1. The van der Waals surface area contributed by atoms with Crippen LogP contribution in [-0.2, 0) is 6.54 Å². The van der Waals surface area contributed by atoms with Gasteiger partial charge in [-0.05, 0) is 42.3 Å². The molecule has 5 heteroatoms. The summed E-state index contributed by atoms with van der Waals surface area (Å²) in [4.78, 5) is 16.5. The first-order chi connectivity index (χ1) is 10.7. The van der Waals surface area contributed by atoms with Crippen LogP contribution >= 0.6 is 0 Å². The fourth-order valence-corrected chi connectivity index (χ4v) is 2.21.